The molecule has 0 amide bonds. The van der Waals surface area contributed by atoms with E-state index in [2.05, 4.69) is 14.8 Å². The van der Waals surface area contributed by atoms with E-state index in [1.165, 1.54) is 18.9 Å². The maximum absolute atomic E-state index is 10.9. The van der Waals surface area contributed by atoms with E-state index in [9.17, 15) is 4.79 Å². The number of benzene rings is 1. The molecule has 21 heavy (non-hydrogen) atoms. The third kappa shape index (κ3) is 1.91. The fourth-order valence-corrected chi connectivity index (χ4v) is 2.66. The van der Waals surface area contributed by atoms with Crippen LogP contribution in [0.2, 0.25) is 0 Å². The smallest absolute Gasteiger partial charge is 0.353 e. The molecule has 0 aliphatic heterocycles. The van der Waals surface area contributed by atoms with Crippen molar-refractivity contribution in [2.24, 2.45) is 7.05 Å². The molecule has 0 radical (unpaired) electrons. The van der Waals surface area contributed by atoms with Crippen LogP contribution in [0.1, 0.15) is 35.1 Å². The number of aryl methyl sites for hydroxylation is 1. The molecule has 1 aliphatic carbocycles. The van der Waals surface area contributed by atoms with Gasteiger partial charge in [-0.1, -0.05) is 6.07 Å². The molecule has 106 valence electrons. The number of hydrogen-bond acceptors (Lipinski definition) is 3. The summed E-state index contributed by atoms with van der Waals surface area (Å²) in [6.45, 7) is 0. The summed E-state index contributed by atoms with van der Waals surface area (Å²) in [6, 6.07) is 7.46. The first-order valence-electron chi connectivity index (χ1n) is 6.89. The number of aromatic nitrogens is 4. The second-order valence-corrected chi connectivity index (χ2v) is 5.48. The molecule has 6 heteroatoms. The van der Waals surface area contributed by atoms with Crippen LogP contribution >= 0.6 is 0 Å². The van der Waals surface area contributed by atoms with Gasteiger partial charge < -0.3 is 9.67 Å². The van der Waals surface area contributed by atoms with Crippen LogP contribution in [0.4, 0.5) is 0 Å². The van der Waals surface area contributed by atoms with Gasteiger partial charge in [0.25, 0.3) is 0 Å². The lowest BCUT2D eigenvalue weighted by Crippen LogP contribution is -1.95. The number of rotatable bonds is 3. The molecule has 0 saturated heterocycles. The molecular weight excluding hydrogens is 268 g/mol. The van der Waals surface area contributed by atoms with E-state index in [0.29, 0.717) is 11.6 Å². The summed E-state index contributed by atoms with van der Waals surface area (Å²) >= 11 is 0. The van der Waals surface area contributed by atoms with Crippen LogP contribution in [0.3, 0.4) is 0 Å². The molecule has 3 aromatic rings. The van der Waals surface area contributed by atoms with E-state index >= 15 is 0 Å². The van der Waals surface area contributed by atoms with Gasteiger partial charge in [0.1, 0.15) is 11.5 Å². The maximum atomic E-state index is 10.9. The van der Waals surface area contributed by atoms with Crippen molar-refractivity contribution < 1.29 is 9.90 Å². The summed E-state index contributed by atoms with van der Waals surface area (Å²) in [4.78, 5) is 15.6. The number of nitrogens with one attached hydrogen (secondary N) is 1. The molecule has 0 atom stereocenters. The third-order valence-corrected chi connectivity index (χ3v) is 3.96. The van der Waals surface area contributed by atoms with Gasteiger partial charge in [-0.3, -0.25) is 5.10 Å². The van der Waals surface area contributed by atoms with Gasteiger partial charge in [0.2, 0.25) is 0 Å². The number of H-pyrrole nitrogens is 1. The zero-order chi connectivity index (χ0) is 14.6. The molecule has 0 bridgehead atoms. The van der Waals surface area contributed by atoms with Crippen molar-refractivity contribution in [3.05, 3.63) is 35.8 Å². The van der Waals surface area contributed by atoms with Crippen molar-refractivity contribution in [3.63, 3.8) is 0 Å². The first-order valence-corrected chi connectivity index (χ1v) is 6.89. The molecule has 1 fully saturated rings. The predicted molar refractivity (Wildman–Crippen MR) is 77.2 cm³/mol. The minimum atomic E-state index is -1.01. The molecule has 4 rings (SSSR count). The number of aromatic carboxylic acids is 1. The van der Waals surface area contributed by atoms with Gasteiger partial charge in [0.05, 0.1) is 16.7 Å². The van der Waals surface area contributed by atoms with E-state index < -0.39 is 5.97 Å². The highest BCUT2D eigenvalue weighted by molar-refractivity contribution is 5.88. The average molecular weight is 282 g/mol. The molecule has 0 unspecified atom stereocenters. The molecule has 1 aromatic carbocycles. The van der Waals surface area contributed by atoms with Crippen LogP contribution in [0.5, 0.6) is 0 Å². The summed E-state index contributed by atoms with van der Waals surface area (Å²) in [5.41, 5.74) is 3.59. The van der Waals surface area contributed by atoms with E-state index in [0.717, 1.165) is 22.4 Å². The lowest BCUT2D eigenvalue weighted by Gasteiger charge is -2.00. The summed E-state index contributed by atoms with van der Waals surface area (Å²) in [7, 11) is 2.04. The normalized spacial score (nSPS) is 14.7. The van der Waals surface area contributed by atoms with Gasteiger partial charge in [0, 0.05) is 18.5 Å². The number of imidazole rings is 1. The number of carboxylic acid groups (broad SMARTS) is 1. The molecular formula is C15H14N4O2. The largest absolute Gasteiger partial charge is 0.477 e. The monoisotopic (exact) mass is 282 g/mol. The summed E-state index contributed by atoms with van der Waals surface area (Å²) in [5.74, 6) is 0.717. The molecule has 1 saturated carbocycles. The molecule has 2 aromatic heterocycles. The van der Waals surface area contributed by atoms with E-state index in [1.54, 1.807) is 0 Å². The van der Waals surface area contributed by atoms with Crippen LogP contribution in [0, 0.1) is 0 Å². The first-order chi connectivity index (χ1) is 10.1. The first kappa shape index (κ1) is 12.1. The van der Waals surface area contributed by atoms with Crippen LogP contribution < -0.4 is 0 Å². The van der Waals surface area contributed by atoms with Crippen LogP contribution in [0.15, 0.2) is 24.3 Å². The van der Waals surface area contributed by atoms with Crippen molar-refractivity contribution in [2.45, 2.75) is 18.8 Å². The van der Waals surface area contributed by atoms with Crippen molar-refractivity contribution in [3.8, 4) is 11.3 Å². The minimum Gasteiger partial charge on any atom is -0.477 e. The summed E-state index contributed by atoms with van der Waals surface area (Å²) in [6.07, 6.45) is 2.43. The average Bonchev–Trinajstić information content (AvgIpc) is 3.09. The Morgan fingerprint density at radius 2 is 2.19 bits per heavy atom. The molecule has 2 N–H and O–H groups in total. The van der Waals surface area contributed by atoms with Crippen LogP contribution in [-0.2, 0) is 7.05 Å². The number of carboxylic acids is 1. The van der Waals surface area contributed by atoms with E-state index in [1.807, 2.05) is 25.2 Å². The fraction of sp³-hybridized carbons (Fsp3) is 0.267. The van der Waals surface area contributed by atoms with E-state index in [-0.39, 0.29) is 5.69 Å². The number of carbonyl (C=O) groups is 1. The third-order valence-electron chi connectivity index (χ3n) is 3.96. The second kappa shape index (κ2) is 4.18. The number of nitrogens with zero attached hydrogens (tertiary/aromatic N) is 3. The van der Waals surface area contributed by atoms with Crippen LogP contribution in [-0.4, -0.2) is 30.8 Å². The molecule has 2 heterocycles. The Kier molecular flexibility index (Phi) is 2.42. The standard InChI is InChI=1S/C15H14N4O2/c1-19-13-5-4-9(10-7-12(15(20)21)18-17-10)6-11(13)16-14(19)8-2-3-8/h4-8H,2-3H2,1H3,(H,17,18)(H,20,21). The van der Waals surface area contributed by atoms with Gasteiger partial charge in [-0.2, -0.15) is 5.10 Å². The lowest BCUT2D eigenvalue weighted by atomic mass is 10.1. The second-order valence-electron chi connectivity index (χ2n) is 5.48. The Labute approximate surface area is 120 Å². The van der Waals surface area contributed by atoms with Crippen molar-refractivity contribution in [1.29, 1.82) is 0 Å². The predicted octanol–water partition coefficient (Wildman–Crippen LogP) is 2.54. The molecule has 0 spiro atoms. The zero-order valence-corrected chi connectivity index (χ0v) is 11.5. The zero-order valence-electron chi connectivity index (χ0n) is 11.5. The van der Waals surface area contributed by atoms with E-state index in [4.69, 9.17) is 10.1 Å². The minimum absolute atomic E-state index is 0.0878. The Morgan fingerprint density at radius 1 is 1.38 bits per heavy atom. The van der Waals surface area contributed by atoms with Gasteiger partial charge in [-0.15, -0.1) is 0 Å². The fourth-order valence-electron chi connectivity index (χ4n) is 2.66. The quantitative estimate of drug-likeness (QED) is 0.773. The highest BCUT2D eigenvalue weighted by atomic mass is 16.4. The highest BCUT2D eigenvalue weighted by Gasteiger charge is 2.28. The molecule has 1 aliphatic rings. The summed E-state index contributed by atoms with van der Waals surface area (Å²) < 4.78 is 2.14. The maximum Gasteiger partial charge on any atom is 0.353 e. The van der Waals surface area contributed by atoms with Crippen LogP contribution in [0.25, 0.3) is 22.3 Å². The van der Waals surface area contributed by atoms with Gasteiger partial charge >= 0.3 is 5.97 Å². The Bertz CT molecular complexity index is 858. The van der Waals surface area contributed by atoms with Crippen molar-refractivity contribution in [2.75, 3.05) is 0 Å². The highest BCUT2D eigenvalue weighted by Crippen LogP contribution is 2.40. The summed E-state index contributed by atoms with van der Waals surface area (Å²) in [5, 5.41) is 15.5. The van der Waals surface area contributed by atoms with Gasteiger partial charge in [-0.05, 0) is 31.0 Å². The topological polar surface area (TPSA) is 83.8 Å². The lowest BCUT2D eigenvalue weighted by molar-refractivity contribution is 0.0690. The molecule has 6 nitrogen and oxygen atoms in total. The SMILES string of the molecule is Cn1c(C2CC2)nc2cc(-c3cc(C(=O)O)[nH]n3)ccc21. The van der Waals surface area contributed by atoms with Crippen molar-refractivity contribution in [1.82, 2.24) is 19.7 Å². The Hall–Kier alpha value is -2.63. The van der Waals surface area contributed by atoms with Gasteiger partial charge in [0.15, 0.2) is 0 Å². The van der Waals surface area contributed by atoms with Crippen molar-refractivity contribution >= 4 is 17.0 Å². The van der Waals surface area contributed by atoms with Gasteiger partial charge in [-0.25, -0.2) is 9.78 Å². The number of aromatic amines is 1. The Balaban J connectivity index is 1.80. The Morgan fingerprint density at radius 3 is 2.86 bits per heavy atom. The number of fused-ring (bicyclic) bond motifs is 1. The number of hydrogen-bond donors (Lipinski definition) is 2.